The fourth-order valence-electron chi connectivity index (χ4n) is 2.96. The lowest BCUT2D eigenvalue weighted by Crippen LogP contribution is -3.07. The van der Waals surface area contributed by atoms with Gasteiger partial charge in [0.2, 0.25) is 5.89 Å². The summed E-state index contributed by atoms with van der Waals surface area (Å²) >= 11 is 0. The third-order valence-electron chi connectivity index (χ3n) is 4.84. The summed E-state index contributed by atoms with van der Waals surface area (Å²) in [7, 11) is 2.10. The van der Waals surface area contributed by atoms with Gasteiger partial charge in [-0.2, -0.15) is 0 Å². The zero-order valence-electron chi connectivity index (χ0n) is 15.9. The number of aromatic nitrogens is 2. The zero-order valence-corrected chi connectivity index (χ0v) is 15.9. The van der Waals surface area contributed by atoms with Gasteiger partial charge < -0.3 is 9.32 Å². The monoisotopic (exact) mass is 367 g/mol. The Balaban J connectivity index is 1.73. The van der Waals surface area contributed by atoms with E-state index in [2.05, 4.69) is 49.3 Å². The van der Waals surface area contributed by atoms with Crippen molar-refractivity contribution in [2.24, 2.45) is 0 Å². The van der Waals surface area contributed by atoms with Gasteiger partial charge in [-0.3, -0.25) is 10.1 Å². The molecule has 27 heavy (non-hydrogen) atoms. The molecule has 0 saturated carbocycles. The Kier molecular flexibility index (Phi) is 5.32. The lowest BCUT2D eigenvalue weighted by atomic mass is 10.1. The zero-order chi connectivity index (χ0) is 19.6. The van der Waals surface area contributed by atoms with Crippen LogP contribution in [0.3, 0.4) is 0 Å². The summed E-state index contributed by atoms with van der Waals surface area (Å²) in [6.07, 6.45) is 0. The number of nitrogens with zero attached hydrogens (tertiary/aromatic N) is 3. The van der Waals surface area contributed by atoms with Crippen LogP contribution in [0.15, 0.2) is 46.9 Å². The number of nitro benzene ring substituents is 1. The number of nitro groups is 1. The van der Waals surface area contributed by atoms with E-state index in [4.69, 9.17) is 4.42 Å². The predicted molar refractivity (Wildman–Crippen MR) is 101 cm³/mol. The van der Waals surface area contributed by atoms with E-state index in [1.807, 2.05) is 6.92 Å². The van der Waals surface area contributed by atoms with Crippen molar-refractivity contribution in [1.29, 1.82) is 0 Å². The lowest BCUT2D eigenvalue weighted by molar-refractivity contribution is -0.925. The molecule has 0 saturated heterocycles. The van der Waals surface area contributed by atoms with Crippen molar-refractivity contribution >= 4 is 5.69 Å². The molecule has 7 nitrogen and oxygen atoms in total. The highest BCUT2D eigenvalue weighted by molar-refractivity contribution is 5.55. The van der Waals surface area contributed by atoms with Crippen LogP contribution in [0.25, 0.3) is 11.5 Å². The molecule has 3 rings (SSSR count). The topological polar surface area (TPSA) is 86.5 Å². The lowest BCUT2D eigenvalue weighted by Gasteiger charge is -2.20. The van der Waals surface area contributed by atoms with E-state index in [-0.39, 0.29) is 11.7 Å². The van der Waals surface area contributed by atoms with Gasteiger partial charge in [0.25, 0.3) is 11.6 Å². The number of non-ortho nitro benzene ring substituents is 1. The molecular weight excluding hydrogens is 344 g/mol. The minimum atomic E-state index is -0.434. The molecule has 2 atom stereocenters. The van der Waals surface area contributed by atoms with Crippen LogP contribution in [0.4, 0.5) is 5.69 Å². The standard InChI is InChI=1S/C20H22N4O3/c1-13-5-6-17(14(2)11-13)12-23(4)15(3)19-21-22-20(27-19)16-7-9-18(10-8-16)24(25)26/h5-11,15H,12H2,1-4H3/p+1/t15-/m1/s1. The molecule has 3 aromatic rings. The van der Waals surface area contributed by atoms with Crippen molar-refractivity contribution in [1.82, 2.24) is 10.2 Å². The molecule has 140 valence electrons. The smallest absolute Gasteiger partial charge is 0.274 e. The average molecular weight is 367 g/mol. The van der Waals surface area contributed by atoms with E-state index in [0.717, 1.165) is 6.54 Å². The minimum Gasteiger partial charge on any atom is -0.415 e. The van der Waals surface area contributed by atoms with Gasteiger partial charge in [-0.25, -0.2) is 0 Å². The molecule has 0 spiro atoms. The van der Waals surface area contributed by atoms with Gasteiger partial charge in [0.1, 0.15) is 6.54 Å². The summed E-state index contributed by atoms with van der Waals surface area (Å²) < 4.78 is 5.83. The molecule has 0 bridgehead atoms. The van der Waals surface area contributed by atoms with Gasteiger partial charge in [0.05, 0.1) is 12.0 Å². The van der Waals surface area contributed by atoms with Crippen LogP contribution in [-0.2, 0) is 6.54 Å². The quantitative estimate of drug-likeness (QED) is 0.534. The maximum atomic E-state index is 10.8. The second kappa shape index (κ2) is 7.67. The summed E-state index contributed by atoms with van der Waals surface area (Å²) in [4.78, 5) is 11.6. The highest BCUT2D eigenvalue weighted by Gasteiger charge is 2.23. The van der Waals surface area contributed by atoms with Crippen LogP contribution < -0.4 is 4.90 Å². The highest BCUT2D eigenvalue weighted by Crippen LogP contribution is 2.22. The first-order valence-corrected chi connectivity index (χ1v) is 8.82. The Morgan fingerprint density at radius 2 is 1.85 bits per heavy atom. The van der Waals surface area contributed by atoms with Gasteiger partial charge >= 0.3 is 0 Å². The SMILES string of the molecule is Cc1ccc(C[NH+](C)[C@H](C)c2nnc(-c3ccc([N+](=O)[O-])cc3)o2)c(C)c1. The maximum absolute atomic E-state index is 10.8. The van der Waals surface area contributed by atoms with Crippen LogP contribution in [-0.4, -0.2) is 22.2 Å². The number of hydrogen-bond donors (Lipinski definition) is 1. The van der Waals surface area contributed by atoms with E-state index in [0.29, 0.717) is 17.3 Å². The molecular formula is C20H23N4O3+. The van der Waals surface area contributed by atoms with Gasteiger partial charge in [0, 0.05) is 23.3 Å². The van der Waals surface area contributed by atoms with Crippen molar-refractivity contribution in [2.45, 2.75) is 33.4 Å². The summed E-state index contributed by atoms with van der Waals surface area (Å²) in [5.74, 6) is 0.914. The summed E-state index contributed by atoms with van der Waals surface area (Å²) in [6.45, 7) is 7.11. The normalized spacial score (nSPS) is 13.3. The fourth-order valence-corrected chi connectivity index (χ4v) is 2.96. The minimum absolute atomic E-state index is 0.0185. The molecule has 0 aliphatic carbocycles. The molecule has 7 heteroatoms. The number of hydrogen-bond acceptors (Lipinski definition) is 5. The van der Waals surface area contributed by atoms with Crippen LogP contribution in [0.2, 0.25) is 0 Å². The van der Waals surface area contributed by atoms with E-state index >= 15 is 0 Å². The Morgan fingerprint density at radius 3 is 2.48 bits per heavy atom. The van der Waals surface area contributed by atoms with Crippen molar-refractivity contribution < 1.29 is 14.2 Å². The van der Waals surface area contributed by atoms with Gasteiger partial charge in [-0.15, -0.1) is 10.2 Å². The summed E-state index contributed by atoms with van der Waals surface area (Å²) in [5, 5.41) is 19.0. The van der Waals surface area contributed by atoms with Gasteiger partial charge in [-0.1, -0.05) is 23.8 Å². The second-order valence-electron chi connectivity index (χ2n) is 6.92. The average Bonchev–Trinajstić information content (AvgIpc) is 3.13. The number of nitrogens with one attached hydrogen (secondary N) is 1. The third kappa shape index (κ3) is 4.20. The first-order valence-electron chi connectivity index (χ1n) is 8.82. The predicted octanol–water partition coefficient (Wildman–Crippen LogP) is 3.04. The Hall–Kier alpha value is -3.06. The second-order valence-corrected chi connectivity index (χ2v) is 6.92. The molecule has 1 heterocycles. The number of aryl methyl sites for hydroxylation is 2. The molecule has 0 fully saturated rings. The van der Waals surface area contributed by atoms with Gasteiger partial charge in [-0.05, 0) is 38.5 Å². The fraction of sp³-hybridized carbons (Fsp3) is 0.300. The van der Waals surface area contributed by atoms with Gasteiger partial charge in [0.15, 0.2) is 6.04 Å². The van der Waals surface area contributed by atoms with Crippen molar-refractivity contribution in [3.63, 3.8) is 0 Å². The van der Waals surface area contributed by atoms with Crippen LogP contribution in [0.1, 0.15) is 35.5 Å². The molecule has 0 amide bonds. The number of rotatable bonds is 6. The van der Waals surface area contributed by atoms with Crippen LogP contribution in [0.5, 0.6) is 0 Å². The first-order chi connectivity index (χ1) is 12.8. The molecule has 0 radical (unpaired) electrons. The van der Waals surface area contributed by atoms with E-state index in [1.165, 1.54) is 33.7 Å². The van der Waals surface area contributed by atoms with Crippen molar-refractivity contribution in [3.05, 3.63) is 75.2 Å². The first kappa shape index (κ1) is 18.7. The van der Waals surface area contributed by atoms with E-state index < -0.39 is 4.92 Å². The van der Waals surface area contributed by atoms with Crippen molar-refractivity contribution in [2.75, 3.05) is 7.05 Å². The number of benzene rings is 2. The van der Waals surface area contributed by atoms with Crippen LogP contribution >= 0.6 is 0 Å². The maximum Gasteiger partial charge on any atom is 0.274 e. The molecule has 2 aromatic carbocycles. The Morgan fingerprint density at radius 1 is 1.15 bits per heavy atom. The molecule has 0 aliphatic rings. The van der Waals surface area contributed by atoms with Crippen LogP contribution in [0, 0.1) is 24.0 Å². The summed E-state index contributed by atoms with van der Waals surface area (Å²) in [5.41, 5.74) is 4.52. The van der Waals surface area contributed by atoms with E-state index in [9.17, 15) is 10.1 Å². The highest BCUT2D eigenvalue weighted by atomic mass is 16.6. The largest absolute Gasteiger partial charge is 0.415 e. The molecule has 1 aromatic heterocycles. The Bertz CT molecular complexity index is 950. The van der Waals surface area contributed by atoms with Crippen molar-refractivity contribution in [3.8, 4) is 11.5 Å². The molecule has 1 unspecified atom stereocenters. The molecule has 0 aliphatic heterocycles. The number of quaternary nitrogens is 1. The summed E-state index contributed by atoms with van der Waals surface area (Å²) in [6, 6.07) is 12.6. The molecule has 1 N–H and O–H groups in total. The third-order valence-corrected chi connectivity index (χ3v) is 4.84. The Labute approximate surface area is 157 Å². The van der Waals surface area contributed by atoms with E-state index in [1.54, 1.807) is 12.1 Å².